The molecule has 0 saturated heterocycles. The quantitative estimate of drug-likeness (QED) is 0.705. The molecule has 0 spiro atoms. The van der Waals surface area contributed by atoms with E-state index in [1.807, 2.05) is 0 Å². The largest absolute Gasteiger partial charge is 0.303 e. The van der Waals surface area contributed by atoms with Gasteiger partial charge in [0, 0.05) is 12.1 Å². The van der Waals surface area contributed by atoms with E-state index in [2.05, 4.69) is 30.3 Å². The van der Waals surface area contributed by atoms with Crippen molar-refractivity contribution >= 4 is 0 Å². The summed E-state index contributed by atoms with van der Waals surface area (Å²) in [6.07, 6.45) is 9.64. The summed E-state index contributed by atoms with van der Waals surface area (Å²) in [6, 6.07) is 3.80. The van der Waals surface area contributed by atoms with Gasteiger partial charge in [-0.05, 0) is 52.1 Å². The number of nitriles is 1. The molecule has 0 radical (unpaired) electrons. The van der Waals surface area contributed by atoms with E-state index in [0.29, 0.717) is 12.1 Å². The third-order valence-electron chi connectivity index (χ3n) is 4.50. The van der Waals surface area contributed by atoms with Crippen LogP contribution in [0.4, 0.5) is 0 Å². The third-order valence-corrected chi connectivity index (χ3v) is 4.50. The monoisotopic (exact) mass is 249 g/mol. The molecule has 18 heavy (non-hydrogen) atoms. The average Bonchev–Trinajstić information content (AvgIpc) is 3.07. The molecule has 0 heterocycles. The van der Waals surface area contributed by atoms with Crippen LogP contribution < -0.4 is 5.32 Å². The maximum atomic E-state index is 9.48. The van der Waals surface area contributed by atoms with Crippen molar-refractivity contribution in [2.75, 3.05) is 13.6 Å². The Hall–Kier alpha value is -0.590. The number of nitrogens with one attached hydrogen (secondary N) is 1. The van der Waals surface area contributed by atoms with Gasteiger partial charge in [-0.25, -0.2) is 0 Å². The second-order valence-electron chi connectivity index (χ2n) is 6.20. The minimum Gasteiger partial charge on any atom is -0.303 e. The fourth-order valence-corrected chi connectivity index (χ4v) is 3.07. The highest BCUT2D eigenvalue weighted by molar-refractivity contribution is 5.15. The summed E-state index contributed by atoms with van der Waals surface area (Å²) in [4.78, 5) is 2.48. The number of unbranched alkanes of at least 4 members (excludes halogenated alkanes) is 2. The Morgan fingerprint density at radius 2 is 2.11 bits per heavy atom. The van der Waals surface area contributed by atoms with Gasteiger partial charge in [0.15, 0.2) is 0 Å². The summed E-state index contributed by atoms with van der Waals surface area (Å²) < 4.78 is 0. The lowest BCUT2D eigenvalue weighted by molar-refractivity contribution is 0.231. The van der Waals surface area contributed by atoms with E-state index in [-0.39, 0.29) is 5.54 Å². The van der Waals surface area contributed by atoms with Crippen molar-refractivity contribution in [3.05, 3.63) is 0 Å². The van der Waals surface area contributed by atoms with E-state index in [1.165, 1.54) is 45.1 Å². The molecule has 2 aliphatic carbocycles. The van der Waals surface area contributed by atoms with Gasteiger partial charge in [0.2, 0.25) is 0 Å². The molecular formula is C15H27N3. The molecule has 3 nitrogen and oxygen atoms in total. The molecule has 0 bridgehead atoms. The highest BCUT2D eigenvalue weighted by Crippen LogP contribution is 2.35. The van der Waals surface area contributed by atoms with Gasteiger partial charge in [0.05, 0.1) is 6.07 Å². The molecule has 2 atom stereocenters. The average molecular weight is 249 g/mol. The number of hydrogen-bond donors (Lipinski definition) is 1. The molecule has 0 amide bonds. The van der Waals surface area contributed by atoms with Crippen molar-refractivity contribution in [1.29, 1.82) is 5.26 Å². The number of rotatable bonds is 7. The Bertz CT molecular complexity index is 305. The number of nitrogens with zero attached hydrogens (tertiary/aromatic N) is 2. The van der Waals surface area contributed by atoms with Gasteiger partial charge in [-0.15, -0.1) is 0 Å². The first-order valence-electron chi connectivity index (χ1n) is 7.58. The second-order valence-corrected chi connectivity index (χ2v) is 6.20. The van der Waals surface area contributed by atoms with Crippen molar-refractivity contribution < 1.29 is 0 Å². The summed E-state index contributed by atoms with van der Waals surface area (Å²) in [6.45, 7) is 3.43. The van der Waals surface area contributed by atoms with E-state index in [9.17, 15) is 5.26 Å². The summed E-state index contributed by atoms with van der Waals surface area (Å²) in [5.74, 6) is 0. The SMILES string of the molecule is CCCCCN(C)C1CCC(C#N)(NC2CC2)C1. The van der Waals surface area contributed by atoms with Crippen molar-refractivity contribution in [3.63, 3.8) is 0 Å². The van der Waals surface area contributed by atoms with Crippen LogP contribution in [0.15, 0.2) is 0 Å². The zero-order valence-corrected chi connectivity index (χ0v) is 11.9. The minimum absolute atomic E-state index is 0.217. The van der Waals surface area contributed by atoms with Gasteiger partial charge in [0.1, 0.15) is 5.54 Å². The molecule has 1 N–H and O–H groups in total. The zero-order valence-electron chi connectivity index (χ0n) is 11.9. The van der Waals surface area contributed by atoms with Crippen molar-refractivity contribution in [2.45, 2.75) is 75.9 Å². The summed E-state index contributed by atoms with van der Waals surface area (Å²) >= 11 is 0. The summed E-state index contributed by atoms with van der Waals surface area (Å²) in [5, 5.41) is 13.1. The van der Waals surface area contributed by atoms with Gasteiger partial charge in [0.25, 0.3) is 0 Å². The van der Waals surface area contributed by atoms with Crippen LogP contribution in [0, 0.1) is 11.3 Å². The Morgan fingerprint density at radius 1 is 1.33 bits per heavy atom. The molecular weight excluding hydrogens is 222 g/mol. The fraction of sp³-hybridized carbons (Fsp3) is 0.933. The van der Waals surface area contributed by atoms with Gasteiger partial charge < -0.3 is 4.90 Å². The molecule has 0 aliphatic heterocycles. The van der Waals surface area contributed by atoms with Crippen molar-refractivity contribution in [2.24, 2.45) is 0 Å². The molecule has 0 aromatic rings. The van der Waals surface area contributed by atoms with E-state index < -0.39 is 0 Å². The Morgan fingerprint density at radius 3 is 2.72 bits per heavy atom. The van der Waals surface area contributed by atoms with Gasteiger partial charge in [-0.3, -0.25) is 5.32 Å². The highest BCUT2D eigenvalue weighted by Gasteiger charge is 2.43. The molecule has 0 aromatic heterocycles. The topological polar surface area (TPSA) is 39.1 Å². The lowest BCUT2D eigenvalue weighted by atomic mass is 9.99. The maximum absolute atomic E-state index is 9.48. The Labute approximate surface area is 112 Å². The molecule has 2 fully saturated rings. The molecule has 102 valence electrons. The first kappa shape index (κ1) is 13.8. The van der Waals surface area contributed by atoms with E-state index >= 15 is 0 Å². The van der Waals surface area contributed by atoms with E-state index in [0.717, 1.165) is 12.8 Å². The third kappa shape index (κ3) is 3.46. The van der Waals surface area contributed by atoms with Crippen LogP contribution in [0.1, 0.15) is 58.3 Å². The van der Waals surface area contributed by atoms with E-state index in [1.54, 1.807) is 0 Å². The predicted octanol–water partition coefficient (Wildman–Crippen LogP) is 2.68. The first-order valence-corrected chi connectivity index (χ1v) is 7.58. The lowest BCUT2D eigenvalue weighted by Crippen LogP contribution is -2.44. The van der Waals surface area contributed by atoms with Crippen molar-refractivity contribution in [3.8, 4) is 6.07 Å². The second kappa shape index (κ2) is 6.04. The van der Waals surface area contributed by atoms with Gasteiger partial charge >= 0.3 is 0 Å². The smallest absolute Gasteiger partial charge is 0.108 e. The van der Waals surface area contributed by atoms with Crippen LogP contribution in [-0.2, 0) is 0 Å². The molecule has 2 saturated carbocycles. The molecule has 3 heteroatoms. The molecule has 2 unspecified atom stereocenters. The summed E-state index contributed by atoms with van der Waals surface area (Å²) in [5.41, 5.74) is -0.217. The Balaban J connectivity index is 1.80. The van der Waals surface area contributed by atoms with Crippen LogP contribution >= 0.6 is 0 Å². The van der Waals surface area contributed by atoms with Crippen LogP contribution in [0.5, 0.6) is 0 Å². The predicted molar refractivity (Wildman–Crippen MR) is 74.3 cm³/mol. The van der Waals surface area contributed by atoms with Crippen LogP contribution in [-0.4, -0.2) is 36.1 Å². The zero-order chi connectivity index (χ0) is 13.0. The van der Waals surface area contributed by atoms with Gasteiger partial charge in [-0.2, -0.15) is 5.26 Å². The van der Waals surface area contributed by atoms with Gasteiger partial charge in [-0.1, -0.05) is 19.8 Å². The molecule has 0 aromatic carbocycles. The molecule has 2 aliphatic rings. The number of hydrogen-bond acceptors (Lipinski definition) is 3. The van der Waals surface area contributed by atoms with Crippen LogP contribution in [0.25, 0.3) is 0 Å². The van der Waals surface area contributed by atoms with Crippen molar-refractivity contribution in [1.82, 2.24) is 10.2 Å². The molecule has 2 rings (SSSR count). The highest BCUT2D eigenvalue weighted by atomic mass is 15.2. The minimum atomic E-state index is -0.217. The Kier molecular flexibility index (Phi) is 4.64. The maximum Gasteiger partial charge on any atom is 0.108 e. The van der Waals surface area contributed by atoms with Crippen LogP contribution in [0.2, 0.25) is 0 Å². The normalized spacial score (nSPS) is 31.8. The van der Waals surface area contributed by atoms with E-state index in [4.69, 9.17) is 0 Å². The first-order chi connectivity index (χ1) is 8.69. The summed E-state index contributed by atoms with van der Waals surface area (Å²) in [7, 11) is 2.23. The fourth-order valence-electron chi connectivity index (χ4n) is 3.07. The lowest BCUT2D eigenvalue weighted by Gasteiger charge is -2.27. The van der Waals surface area contributed by atoms with Crippen LogP contribution in [0.3, 0.4) is 0 Å². The standard InChI is InChI=1S/C15H27N3/c1-3-4-5-10-18(2)14-8-9-15(11-14,12-16)17-13-6-7-13/h13-14,17H,3-11H2,1-2H3.